The molecule has 1 aliphatic rings. The van der Waals surface area contributed by atoms with Crippen LogP contribution in [0.3, 0.4) is 0 Å². The Morgan fingerprint density at radius 1 is 1.35 bits per heavy atom. The molecule has 3 heteroatoms. The Morgan fingerprint density at radius 3 is 2.71 bits per heavy atom. The van der Waals surface area contributed by atoms with Crippen molar-refractivity contribution in [3.05, 3.63) is 23.8 Å². The van der Waals surface area contributed by atoms with Crippen LogP contribution in [0.2, 0.25) is 0 Å². The van der Waals surface area contributed by atoms with Gasteiger partial charge in [0.05, 0.1) is 7.11 Å². The number of hydrogen-bond acceptors (Lipinski definition) is 3. The molecule has 0 aliphatic heterocycles. The van der Waals surface area contributed by atoms with Crippen LogP contribution in [0.25, 0.3) is 0 Å². The first kappa shape index (κ1) is 12.2. The van der Waals surface area contributed by atoms with Crippen molar-refractivity contribution in [3.8, 4) is 11.5 Å². The summed E-state index contributed by atoms with van der Waals surface area (Å²) in [6, 6.07) is 6.49. The van der Waals surface area contributed by atoms with Crippen LogP contribution >= 0.6 is 0 Å². The maximum absolute atomic E-state index is 5.85. The van der Waals surface area contributed by atoms with Crippen molar-refractivity contribution >= 4 is 0 Å². The second-order valence-electron chi connectivity index (χ2n) is 4.70. The summed E-state index contributed by atoms with van der Waals surface area (Å²) in [5.74, 6) is 2.44. The number of benzene rings is 1. The fraction of sp³-hybridized carbons (Fsp3) is 0.571. The van der Waals surface area contributed by atoms with Crippen LogP contribution in [-0.4, -0.2) is 26.8 Å². The molecule has 1 unspecified atom stereocenters. The van der Waals surface area contributed by atoms with Crippen molar-refractivity contribution in [3.63, 3.8) is 0 Å². The summed E-state index contributed by atoms with van der Waals surface area (Å²) in [4.78, 5) is 0. The second kappa shape index (κ2) is 5.41. The number of likely N-dealkylation sites (N-methyl/N-ethyl adjacent to an activating group) is 1. The lowest BCUT2D eigenvalue weighted by Crippen LogP contribution is -2.33. The van der Waals surface area contributed by atoms with Crippen molar-refractivity contribution in [2.24, 2.45) is 5.92 Å². The maximum atomic E-state index is 5.85. The molecule has 1 aromatic rings. The first-order valence-corrected chi connectivity index (χ1v) is 6.19. The molecule has 0 heterocycles. The molecule has 2 rings (SSSR count). The van der Waals surface area contributed by atoms with E-state index in [1.165, 1.54) is 18.4 Å². The topological polar surface area (TPSA) is 30.5 Å². The first-order chi connectivity index (χ1) is 8.24. The van der Waals surface area contributed by atoms with Gasteiger partial charge >= 0.3 is 0 Å². The van der Waals surface area contributed by atoms with Gasteiger partial charge < -0.3 is 14.8 Å². The van der Waals surface area contributed by atoms with Crippen LogP contribution in [0.15, 0.2) is 18.2 Å². The van der Waals surface area contributed by atoms with Crippen molar-refractivity contribution in [1.82, 2.24) is 5.32 Å². The Kier molecular flexibility index (Phi) is 3.89. The molecule has 1 saturated carbocycles. The zero-order chi connectivity index (χ0) is 12.3. The predicted molar refractivity (Wildman–Crippen MR) is 68.8 cm³/mol. The highest BCUT2D eigenvalue weighted by Crippen LogP contribution is 2.34. The zero-order valence-electron chi connectivity index (χ0n) is 10.8. The monoisotopic (exact) mass is 235 g/mol. The van der Waals surface area contributed by atoms with Crippen LogP contribution in [0.5, 0.6) is 11.5 Å². The highest BCUT2D eigenvalue weighted by molar-refractivity contribution is 5.42. The molecule has 1 fully saturated rings. The minimum atomic E-state index is 0.459. The molecule has 0 aromatic heterocycles. The molecule has 1 aliphatic carbocycles. The summed E-state index contributed by atoms with van der Waals surface area (Å²) in [7, 11) is 3.68. The summed E-state index contributed by atoms with van der Waals surface area (Å²) < 4.78 is 11.2. The molecule has 0 bridgehead atoms. The third-order valence-corrected chi connectivity index (χ3v) is 3.30. The number of ether oxygens (including phenoxy) is 2. The van der Waals surface area contributed by atoms with Gasteiger partial charge in [-0.15, -0.1) is 0 Å². The van der Waals surface area contributed by atoms with Gasteiger partial charge in [-0.2, -0.15) is 0 Å². The van der Waals surface area contributed by atoms with Gasteiger partial charge in [0, 0.05) is 6.04 Å². The smallest absolute Gasteiger partial charge is 0.161 e. The molecule has 3 nitrogen and oxygen atoms in total. The van der Waals surface area contributed by atoms with E-state index in [1.807, 2.05) is 32.2 Å². The van der Waals surface area contributed by atoms with E-state index < -0.39 is 0 Å². The molecule has 0 amide bonds. The Hall–Kier alpha value is -1.22. The summed E-state index contributed by atoms with van der Waals surface area (Å²) >= 11 is 0. The molecule has 1 atom stereocenters. The number of nitrogens with one attached hydrogen (secondary N) is 1. The lowest BCUT2D eigenvalue weighted by atomic mass is 10.2. The Bertz CT molecular complexity index is 374. The van der Waals surface area contributed by atoms with Crippen LogP contribution in [0, 0.1) is 12.8 Å². The molecular weight excluding hydrogens is 214 g/mol. The fourth-order valence-corrected chi connectivity index (χ4v) is 2.03. The number of aryl methyl sites for hydroxylation is 1. The molecule has 0 saturated heterocycles. The Labute approximate surface area is 103 Å². The van der Waals surface area contributed by atoms with Crippen molar-refractivity contribution in [2.75, 3.05) is 20.8 Å². The second-order valence-corrected chi connectivity index (χ2v) is 4.70. The SMILES string of the molecule is CNC(COc1ccc(C)cc1OC)C1CC1. The standard InChI is InChI=1S/C14H21NO2/c1-10-4-7-13(14(8-10)16-3)17-9-12(15-2)11-5-6-11/h4,7-8,11-12,15H,5-6,9H2,1-3H3. The van der Waals surface area contributed by atoms with Crippen LogP contribution in [-0.2, 0) is 0 Å². The van der Waals surface area contributed by atoms with Gasteiger partial charge in [-0.1, -0.05) is 6.07 Å². The average Bonchev–Trinajstić information content (AvgIpc) is 3.16. The molecule has 1 aromatic carbocycles. The van der Waals surface area contributed by atoms with E-state index in [4.69, 9.17) is 9.47 Å². The van der Waals surface area contributed by atoms with Gasteiger partial charge in [-0.3, -0.25) is 0 Å². The van der Waals surface area contributed by atoms with Crippen LogP contribution in [0.1, 0.15) is 18.4 Å². The van der Waals surface area contributed by atoms with E-state index in [2.05, 4.69) is 5.32 Å². The van der Waals surface area contributed by atoms with Crippen molar-refractivity contribution in [1.29, 1.82) is 0 Å². The highest BCUT2D eigenvalue weighted by Gasteiger charge is 2.30. The van der Waals surface area contributed by atoms with E-state index in [1.54, 1.807) is 7.11 Å². The summed E-state index contributed by atoms with van der Waals surface area (Å²) in [5, 5.41) is 3.32. The predicted octanol–water partition coefficient (Wildman–Crippen LogP) is 2.38. The minimum absolute atomic E-state index is 0.459. The van der Waals surface area contributed by atoms with Crippen LogP contribution < -0.4 is 14.8 Å². The van der Waals surface area contributed by atoms with Gasteiger partial charge in [-0.05, 0) is 50.4 Å². The highest BCUT2D eigenvalue weighted by atomic mass is 16.5. The molecule has 0 spiro atoms. The summed E-state index contributed by atoms with van der Waals surface area (Å²) in [6.07, 6.45) is 2.64. The van der Waals surface area contributed by atoms with Gasteiger partial charge in [-0.25, -0.2) is 0 Å². The minimum Gasteiger partial charge on any atom is -0.493 e. The van der Waals surface area contributed by atoms with E-state index in [-0.39, 0.29) is 0 Å². The van der Waals surface area contributed by atoms with E-state index in [0.29, 0.717) is 12.6 Å². The van der Waals surface area contributed by atoms with Gasteiger partial charge in [0.15, 0.2) is 11.5 Å². The third kappa shape index (κ3) is 3.13. The van der Waals surface area contributed by atoms with E-state index >= 15 is 0 Å². The molecule has 17 heavy (non-hydrogen) atoms. The fourth-order valence-electron chi connectivity index (χ4n) is 2.03. The summed E-state index contributed by atoms with van der Waals surface area (Å²) in [5.41, 5.74) is 1.18. The van der Waals surface area contributed by atoms with E-state index in [9.17, 15) is 0 Å². The van der Waals surface area contributed by atoms with E-state index in [0.717, 1.165) is 17.4 Å². The lowest BCUT2D eigenvalue weighted by Gasteiger charge is -2.17. The van der Waals surface area contributed by atoms with Gasteiger partial charge in [0.25, 0.3) is 0 Å². The largest absolute Gasteiger partial charge is 0.493 e. The third-order valence-electron chi connectivity index (χ3n) is 3.30. The number of hydrogen-bond donors (Lipinski definition) is 1. The van der Waals surface area contributed by atoms with Crippen molar-refractivity contribution in [2.45, 2.75) is 25.8 Å². The number of rotatable bonds is 6. The average molecular weight is 235 g/mol. The summed E-state index contributed by atoms with van der Waals surface area (Å²) in [6.45, 7) is 2.76. The molecular formula is C14H21NO2. The van der Waals surface area contributed by atoms with Crippen molar-refractivity contribution < 1.29 is 9.47 Å². The quantitative estimate of drug-likeness (QED) is 0.821. The van der Waals surface area contributed by atoms with Crippen LogP contribution in [0.4, 0.5) is 0 Å². The van der Waals surface area contributed by atoms with Gasteiger partial charge in [0.1, 0.15) is 6.61 Å². The molecule has 94 valence electrons. The normalized spacial score (nSPS) is 16.6. The lowest BCUT2D eigenvalue weighted by molar-refractivity contribution is 0.245. The Balaban J connectivity index is 1.97. The zero-order valence-corrected chi connectivity index (χ0v) is 10.8. The molecule has 0 radical (unpaired) electrons. The maximum Gasteiger partial charge on any atom is 0.161 e. The first-order valence-electron chi connectivity index (χ1n) is 6.19. The van der Waals surface area contributed by atoms with Gasteiger partial charge in [0.2, 0.25) is 0 Å². The number of methoxy groups -OCH3 is 1. The Morgan fingerprint density at radius 2 is 2.12 bits per heavy atom. The molecule has 1 N–H and O–H groups in total.